The van der Waals surface area contributed by atoms with Crippen molar-refractivity contribution in [3.8, 4) is 0 Å². The minimum Gasteiger partial charge on any atom is -0.383 e. The normalized spacial score (nSPS) is 10.8. The van der Waals surface area contributed by atoms with Crippen molar-refractivity contribution in [1.29, 1.82) is 0 Å². The Bertz CT molecular complexity index is 674. The van der Waals surface area contributed by atoms with Crippen LogP contribution in [0.5, 0.6) is 0 Å². The van der Waals surface area contributed by atoms with Gasteiger partial charge in [-0.05, 0) is 35.7 Å². The summed E-state index contributed by atoms with van der Waals surface area (Å²) in [6.07, 6.45) is 2.10. The number of fused-ring (bicyclic) bond motifs is 1. The van der Waals surface area contributed by atoms with E-state index in [-0.39, 0.29) is 0 Å². The fraction of sp³-hybridized carbons (Fsp3) is 0.125. The van der Waals surface area contributed by atoms with E-state index >= 15 is 0 Å². The molecule has 3 aromatic rings. The zero-order valence-corrected chi connectivity index (χ0v) is 11.3. The molecule has 0 aliphatic carbocycles. The molecule has 2 aromatic carbocycles. The van der Waals surface area contributed by atoms with Gasteiger partial charge in [0.15, 0.2) is 0 Å². The van der Waals surface area contributed by atoms with Crippen molar-refractivity contribution in [3.05, 3.63) is 65.8 Å². The van der Waals surface area contributed by atoms with Crippen molar-refractivity contribution in [3.63, 3.8) is 0 Å². The highest BCUT2D eigenvalue weighted by Gasteiger charge is 2.01. The molecule has 96 valence electrons. The molecule has 0 unspecified atom stereocenters. The standard InChI is InChI=1S/C16H15ClN2/c17-14-7-6-13-8-10-19(16(13)12-14)11-9-18-15-4-2-1-3-5-15/h1-8,10,12,18H,9,11H2. The molecular formula is C16H15ClN2. The number of nitrogens with one attached hydrogen (secondary N) is 1. The number of anilines is 1. The first kappa shape index (κ1) is 12.1. The summed E-state index contributed by atoms with van der Waals surface area (Å²) in [7, 11) is 0. The maximum absolute atomic E-state index is 6.05. The first-order chi connectivity index (χ1) is 9.33. The third-order valence-corrected chi connectivity index (χ3v) is 3.43. The predicted molar refractivity (Wildman–Crippen MR) is 81.9 cm³/mol. The van der Waals surface area contributed by atoms with E-state index < -0.39 is 0 Å². The van der Waals surface area contributed by atoms with Crippen molar-refractivity contribution in [2.75, 3.05) is 11.9 Å². The molecule has 0 atom stereocenters. The average Bonchev–Trinajstić information content (AvgIpc) is 2.83. The summed E-state index contributed by atoms with van der Waals surface area (Å²) in [4.78, 5) is 0. The highest BCUT2D eigenvalue weighted by Crippen LogP contribution is 2.20. The molecule has 19 heavy (non-hydrogen) atoms. The Morgan fingerprint density at radius 3 is 2.68 bits per heavy atom. The van der Waals surface area contributed by atoms with E-state index in [1.54, 1.807) is 0 Å². The van der Waals surface area contributed by atoms with Gasteiger partial charge in [-0.25, -0.2) is 0 Å². The van der Waals surface area contributed by atoms with Gasteiger partial charge in [0.2, 0.25) is 0 Å². The van der Waals surface area contributed by atoms with Crippen LogP contribution in [0.25, 0.3) is 10.9 Å². The van der Waals surface area contributed by atoms with E-state index in [9.17, 15) is 0 Å². The summed E-state index contributed by atoms with van der Waals surface area (Å²) >= 11 is 6.05. The van der Waals surface area contributed by atoms with Crippen LogP contribution in [0, 0.1) is 0 Å². The Balaban J connectivity index is 1.70. The van der Waals surface area contributed by atoms with E-state index in [1.165, 1.54) is 10.9 Å². The van der Waals surface area contributed by atoms with Gasteiger partial charge in [0, 0.05) is 35.5 Å². The van der Waals surface area contributed by atoms with Crippen LogP contribution >= 0.6 is 11.6 Å². The second kappa shape index (κ2) is 5.37. The minimum atomic E-state index is 0.781. The lowest BCUT2D eigenvalue weighted by atomic mass is 10.2. The van der Waals surface area contributed by atoms with Crippen molar-refractivity contribution < 1.29 is 0 Å². The molecule has 0 amide bonds. The van der Waals surface area contributed by atoms with Gasteiger partial charge < -0.3 is 9.88 Å². The van der Waals surface area contributed by atoms with E-state index in [0.717, 1.165) is 23.8 Å². The summed E-state index contributed by atoms with van der Waals surface area (Å²) in [5.74, 6) is 0. The summed E-state index contributed by atoms with van der Waals surface area (Å²) in [5, 5.41) is 5.42. The van der Waals surface area contributed by atoms with Gasteiger partial charge in [-0.2, -0.15) is 0 Å². The van der Waals surface area contributed by atoms with Crippen LogP contribution in [0.2, 0.25) is 5.02 Å². The molecule has 0 bridgehead atoms. The Hall–Kier alpha value is -1.93. The van der Waals surface area contributed by atoms with E-state index in [0.29, 0.717) is 0 Å². The number of nitrogens with zero attached hydrogens (tertiary/aromatic N) is 1. The molecule has 0 spiro atoms. The quantitative estimate of drug-likeness (QED) is 0.743. The molecule has 1 aromatic heterocycles. The highest BCUT2D eigenvalue weighted by molar-refractivity contribution is 6.31. The highest BCUT2D eigenvalue weighted by atomic mass is 35.5. The summed E-state index contributed by atoms with van der Waals surface area (Å²) in [6, 6.07) is 18.4. The second-order valence-electron chi connectivity index (χ2n) is 4.51. The molecule has 2 nitrogen and oxygen atoms in total. The van der Waals surface area contributed by atoms with Crippen LogP contribution in [-0.4, -0.2) is 11.1 Å². The van der Waals surface area contributed by atoms with Crippen molar-refractivity contribution in [1.82, 2.24) is 4.57 Å². The van der Waals surface area contributed by atoms with Gasteiger partial charge in [-0.3, -0.25) is 0 Å². The number of hydrogen-bond acceptors (Lipinski definition) is 1. The van der Waals surface area contributed by atoms with Gasteiger partial charge in [0.05, 0.1) is 0 Å². The number of para-hydroxylation sites is 1. The lowest BCUT2D eigenvalue weighted by Gasteiger charge is -2.08. The minimum absolute atomic E-state index is 0.781. The van der Waals surface area contributed by atoms with Crippen LogP contribution in [0.1, 0.15) is 0 Å². The summed E-state index contributed by atoms with van der Waals surface area (Å²) in [5.41, 5.74) is 2.33. The van der Waals surface area contributed by atoms with Crippen LogP contribution < -0.4 is 5.32 Å². The Morgan fingerprint density at radius 1 is 1.00 bits per heavy atom. The lowest BCUT2D eigenvalue weighted by molar-refractivity contribution is 0.757. The van der Waals surface area contributed by atoms with Crippen molar-refractivity contribution >= 4 is 28.2 Å². The first-order valence-corrected chi connectivity index (χ1v) is 6.74. The number of halogens is 1. The fourth-order valence-electron chi connectivity index (χ4n) is 2.23. The van der Waals surface area contributed by atoms with Crippen LogP contribution in [-0.2, 0) is 6.54 Å². The second-order valence-corrected chi connectivity index (χ2v) is 4.94. The lowest BCUT2D eigenvalue weighted by Crippen LogP contribution is -2.09. The van der Waals surface area contributed by atoms with E-state index in [1.807, 2.05) is 30.3 Å². The molecule has 1 heterocycles. The van der Waals surface area contributed by atoms with Gasteiger partial charge in [0.1, 0.15) is 0 Å². The Morgan fingerprint density at radius 2 is 1.84 bits per heavy atom. The van der Waals surface area contributed by atoms with Crippen LogP contribution in [0.3, 0.4) is 0 Å². The fourth-order valence-corrected chi connectivity index (χ4v) is 2.40. The smallest absolute Gasteiger partial charge is 0.0495 e. The Labute approximate surface area is 117 Å². The third-order valence-electron chi connectivity index (χ3n) is 3.19. The van der Waals surface area contributed by atoms with E-state index in [4.69, 9.17) is 11.6 Å². The molecule has 3 rings (SSSR count). The topological polar surface area (TPSA) is 17.0 Å². The SMILES string of the molecule is Clc1ccc2ccn(CCNc3ccccc3)c2c1. The van der Waals surface area contributed by atoms with Crippen molar-refractivity contribution in [2.45, 2.75) is 6.54 Å². The molecule has 0 radical (unpaired) electrons. The van der Waals surface area contributed by atoms with Gasteiger partial charge in [0.25, 0.3) is 0 Å². The molecule has 0 aliphatic rings. The summed E-state index contributed by atoms with van der Waals surface area (Å²) in [6.45, 7) is 1.80. The van der Waals surface area contributed by atoms with Crippen molar-refractivity contribution in [2.24, 2.45) is 0 Å². The van der Waals surface area contributed by atoms with Crippen LogP contribution in [0.15, 0.2) is 60.8 Å². The molecule has 0 saturated heterocycles. The third kappa shape index (κ3) is 2.74. The molecule has 0 aliphatic heterocycles. The number of rotatable bonds is 4. The number of benzene rings is 2. The van der Waals surface area contributed by atoms with Gasteiger partial charge in [-0.1, -0.05) is 35.9 Å². The molecule has 1 N–H and O–H groups in total. The summed E-state index contributed by atoms with van der Waals surface area (Å²) < 4.78 is 2.22. The molecule has 0 fully saturated rings. The average molecular weight is 271 g/mol. The number of aromatic nitrogens is 1. The zero-order valence-electron chi connectivity index (χ0n) is 10.5. The maximum Gasteiger partial charge on any atom is 0.0495 e. The number of hydrogen-bond donors (Lipinski definition) is 1. The van der Waals surface area contributed by atoms with Gasteiger partial charge in [-0.15, -0.1) is 0 Å². The van der Waals surface area contributed by atoms with E-state index in [2.05, 4.69) is 40.3 Å². The van der Waals surface area contributed by atoms with Crippen LogP contribution in [0.4, 0.5) is 5.69 Å². The monoisotopic (exact) mass is 270 g/mol. The largest absolute Gasteiger partial charge is 0.383 e. The maximum atomic E-state index is 6.05. The molecule has 3 heteroatoms. The molecule has 0 saturated carbocycles. The zero-order chi connectivity index (χ0) is 13.1. The Kier molecular flexibility index (Phi) is 3.43. The van der Waals surface area contributed by atoms with Gasteiger partial charge >= 0.3 is 0 Å². The first-order valence-electron chi connectivity index (χ1n) is 6.36. The predicted octanol–water partition coefficient (Wildman–Crippen LogP) is 4.41. The molecular weight excluding hydrogens is 256 g/mol.